The third kappa shape index (κ3) is 3.99. The van der Waals surface area contributed by atoms with Crippen LogP contribution in [0.15, 0.2) is 34.3 Å². The van der Waals surface area contributed by atoms with Gasteiger partial charge < -0.3 is 5.32 Å². The Hall–Kier alpha value is -0.800. The van der Waals surface area contributed by atoms with Gasteiger partial charge in [0.05, 0.1) is 5.56 Å². The average Bonchev–Trinajstić information content (AvgIpc) is 2.21. The van der Waals surface area contributed by atoms with E-state index >= 15 is 0 Å². The Morgan fingerprint density at radius 3 is 2.81 bits per heavy atom. The fourth-order valence-corrected chi connectivity index (χ4v) is 1.71. The molecular formula is C12H13BrClNO. The summed E-state index contributed by atoms with van der Waals surface area (Å²) >= 11 is 9.15. The molecule has 0 aliphatic heterocycles. The summed E-state index contributed by atoms with van der Waals surface area (Å²) in [6.45, 7) is 4.50. The topological polar surface area (TPSA) is 29.1 Å². The maximum atomic E-state index is 11.8. The monoisotopic (exact) mass is 301 g/mol. The summed E-state index contributed by atoms with van der Waals surface area (Å²) in [6.07, 6.45) is 1.95. The van der Waals surface area contributed by atoms with Crippen molar-refractivity contribution in [2.45, 2.75) is 13.8 Å². The van der Waals surface area contributed by atoms with Crippen LogP contribution >= 0.6 is 27.5 Å². The molecule has 1 aromatic rings. The molecule has 0 aliphatic rings. The Balaban J connectivity index is 2.73. The maximum Gasteiger partial charge on any atom is 0.252 e. The van der Waals surface area contributed by atoms with E-state index in [1.807, 2.05) is 19.9 Å². The molecule has 0 aliphatic carbocycles. The van der Waals surface area contributed by atoms with Crippen LogP contribution in [0.4, 0.5) is 0 Å². The number of amides is 1. The van der Waals surface area contributed by atoms with E-state index in [2.05, 4.69) is 21.2 Å². The Kier molecular flexibility index (Phi) is 5.03. The van der Waals surface area contributed by atoms with Crippen LogP contribution in [-0.2, 0) is 0 Å². The summed E-state index contributed by atoms with van der Waals surface area (Å²) in [7, 11) is 0. The highest BCUT2D eigenvalue weighted by atomic mass is 79.9. The second kappa shape index (κ2) is 6.06. The second-order valence-corrected chi connectivity index (χ2v) is 4.91. The van der Waals surface area contributed by atoms with Crippen LogP contribution in [0.5, 0.6) is 0 Å². The summed E-state index contributed by atoms with van der Waals surface area (Å²) in [4.78, 5) is 11.8. The third-order valence-corrected chi connectivity index (χ3v) is 2.87. The van der Waals surface area contributed by atoms with Gasteiger partial charge in [-0.1, -0.05) is 23.3 Å². The van der Waals surface area contributed by atoms with Gasteiger partial charge in [0.15, 0.2) is 0 Å². The molecule has 2 nitrogen and oxygen atoms in total. The van der Waals surface area contributed by atoms with Crippen molar-refractivity contribution in [2.75, 3.05) is 6.54 Å². The molecule has 0 aromatic heterocycles. The van der Waals surface area contributed by atoms with Crippen LogP contribution in [0.3, 0.4) is 0 Å². The third-order valence-electron chi connectivity index (χ3n) is 1.95. The zero-order valence-corrected chi connectivity index (χ0v) is 11.5. The zero-order chi connectivity index (χ0) is 12.1. The van der Waals surface area contributed by atoms with Gasteiger partial charge >= 0.3 is 0 Å². The highest BCUT2D eigenvalue weighted by Gasteiger charge is 2.09. The number of hydrogen-bond donors (Lipinski definition) is 1. The molecule has 4 heteroatoms. The van der Waals surface area contributed by atoms with Crippen molar-refractivity contribution in [3.8, 4) is 0 Å². The smallest absolute Gasteiger partial charge is 0.252 e. The molecule has 0 radical (unpaired) electrons. The summed E-state index contributed by atoms with van der Waals surface area (Å²) in [6, 6.07) is 5.14. The van der Waals surface area contributed by atoms with E-state index in [1.165, 1.54) is 5.57 Å². The van der Waals surface area contributed by atoms with Gasteiger partial charge in [-0.25, -0.2) is 0 Å². The molecule has 0 saturated heterocycles. The van der Waals surface area contributed by atoms with Gasteiger partial charge in [0, 0.05) is 16.0 Å². The molecule has 1 aromatic carbocycles. The van der Waals surface area contributed by atoms with E-state index in [4.69, 9.17) is 11.6 Å². The minimum absolute atomic E-state index is 0.133. The van der Waals surface area contributed by atoms with E-state index in [1.54, 1.807) is 18.2 Å². The molecule has 1 rings (SSSR count). The fourth-order valence-electron chi connectivity index (χ4n) is 1.11. The minimum Gasteiger partial charge on any atom is -0.349 e. The van der Waals surface area contributed by atoms with E-state index < -0.39 is 0 Å². The van der Waals surface area contributed by atoms with Crippen molar-refractivity contribution in [3.05, 3.63) is 44.9 Å². The second-order valence-electron chi connectivity index (χ2n) is 3.62. The quantitative estimate of drug-likeness (QED) is 0.846. The number of carbonyl (C=O) groups excluding carboxylic acids is 1. The van der Waals surface area contributed by atoms with E-state index in [-0.39, 0.29) is 5.91 Å². The molecule has 0 saturated carbocycles. The number of halogens is 2. The van der Waals surface area contributed by atoms with Crippen LogP contribution in [0, 0.1) is 0 Å². The van der Waals surface area contributed by atoms with Crippen molar-refractivity contribution >= 4 is 33.4 Å². The molecule has 1 amide bonds. The molecular weight excluding hydrogens is 289 g/mol. The van der Waals surface area contributed by atoms with Gasteiger partial charge in [0.25, 0.3) is 5.91 Å². The van der Waals surface area contributed by atoms with Gasteiger partial charge in [-0.05, 0) is 48.0 Å². The predicted molar refractivity (Wildman–Crippen MR) is 70.9 cm³/mol. The minimum atomic E-state index is -0.133. The van der Waals surface area contributed by atoms with Crippen molar-refractivity contribution in [1.82, 2.24) is 5.32 Å². The fraction of sp³-hybridized carbons (Fsp3) is 0.250. The van der Waals surface area contributed by atoms with Crippen molar-refractivity contribution < 1.29 is 4.79 Å². The first-order valence-electron chi connectivity index (χ1n) is 4.87. The molecule has 16 heavy (non-hydrogen) atoms. The first-order chi connectivity index (χ1) is 7.50. The lowest BCUT2D eigenvalue weighted by atomic mass is 10.2. The summed E-state index contributed by atoms with van der Waals surface area (Å²) in [5.74, 6) is -0.133. The van der Waals surface area contributed by atoms with Gasteiger partial charge in [0.1, 0.15) is 0 Å². The van der Waals surface area contributed by atoms with E-state index in [0.717, 1.165) is 4.47 Å². The Labute approximate surface area is 109 Å². The lowest BCUT2D eigenvalue weighted by Gasteiger charge is -2.05. The summed E-state index contributed by atoms with van der Waals surface area (Å²) in [5, 5.41) is 3.35. The molecule has 86 valence electrons. The van der Waals surface area contributed by atoms with Crippen LogP contribution in [-0.4, -0.2) is 12.5 Å². The van der Waals surface area contributed by atoms with Crippen LogP contribution in [0.25, 0.3) is 0 Å². The first-order valence-corrected chi connectivity index (χ1v) is 6.04. The number of carbonyl (C=O) groups is 1. The first kappa shape index (κ1) is 13.3. The normalized spacial score (nSPS) is 9.75. The molecule has 0 bridgehead atoms. The Bertz CT molecular complexity index is 425. The maximum absolute atomic E-state index is 11.8. The molecule has 1 N–H and O–H groups in total. The zero-order valence-electron chi connectivity index (χ0n) is 9.18. The summed E-state index contributed by atoms with van der Waals surface area (Å²) < 4.78 is 0.742. The lowest BCUT2D eigenvalue weighted by molar-refractivity contribution is 0.0957. The molecule has 0 atom stereocenters. The predicted octanol–water partition coefficient (Wildman–Crippen LogP) is 3.80. The molecule has 0 heterocycles. The standard InChI is InChI=1S/C12H13BrClNO/c1-8(2)5-6-15-12(16)10-7-9(14)3-4-11(10)13/h3-5,7H,6H2,1-2H3,(H,15,16). The SMILES string of the molecule is CC(C)=CCNC(=O)c1cc(Cl)ccc1Br. The number of hydrogen-bond acceptors (Lipinski definition) is 1. The van der Waals surface area contributed by atoms with Crippen molar-refractivity contribution in [3.63, 3.8) is 0 Å². The van der Waals surface area contributed by atoms with Gasteiger partial charge in [-0.2, -0.15) is 0 Å². The van der Waals surface area contributed by atoms with Gasteiger partial charge in [-0.3, -0.25) is 4.79 Å². The van der Waals surface area contributed by atoms with Crippen LogP contribution in [0.2, 0.25) is 5.02 Å². The highest BCUT2D eigenvalue weighted by Crippen LogP contribution is 2.20. The number of benzene rings is 1. The van der Waals surface area contributed by atoms with Crippen LogP contribution < -0.4 is 5.32 Å². The van der Waals surface area contributed by atoms with E-state index in [9.17, 15) is 4.79 Å². The average molecular weight is 303 g/mol. The van der Waals surface area contributed by atoms with Crippen LogP contribution in [0.1, 0.15) is 24.2 Å². The van der Waals surface area contributed by atoms with E-state index in [0.29, 0.717) is 17.1 Å². The van der Waals surface area contributed by atoms with Gasteiger partial charge in [0.2, 0.25) is 0 Å². The number of rotatable bonds is 3. The molecule has 0 unspecified atom stereocenters. The summed E-state index contributed by atoms with van der Waals surface area (Å²) in [5.41, 5.74) is 1.72. The molecule has 0 fully saturated rings. The number of allylic oxidation sites excluding steroid dienone is 1. The van der Waals surface area contributed by atoms with Crippen molar-refractivity contribution in [2.24, 2.45) is 0 Å². The van der Waals surface area contributed by atoms with Gasteiger partial charge in [-0.15, -0.1) is 0 Å². The highest BCUT2D eigenvalue weighted by molar-refractivity contribution is 9.10. The Morgan fingerprint density at radius 2 is 2.19 bits per heavy atom. The lowest BCUT2D eigenvalue weighted by Crippen LogP contribution is -2.23. The largest absolute Gasteiger partial charge is 0.349 e. The number of nitrogens with one attached hydrogen (secondary N) is 1. The Morgan fingerprint density at radius 1 is 1.50 bits per heavy atom. The molecule has 0 spiro atoms. The van der Waals surface area contributed by atoms with Crippen molar-refractivity contribution in [1.29, 1.82) is 0 Å².